The molecule has 0 saturated carbocycles. The fourth-order valence-electron chi connectivity index (χ4n) is 2.56. The van der Waals surface area contributed by atoms with Gasteiger partial charge in [-0.2, -0.15) is 0 Å². The van der Waals surface area contributed by atoms with Crippen LogP contribution >= 0.6 is 0 Å². The number of esters is 2. The number of hydrogen-bond donors (Lipinski definition) is 2. The molecule has 0 aliphatic carbocycles. The first-order valence-electron chi connectivity index (χ1n) is 9.53. The quantitative estimate of drug-likeness (QED) is 0.244. The van der Waals surface area contributed by atoms with Crippen molar-refractivity contribution in [2.45, 2.75) is 46.1 Å². The molecule has 0 spiro atoms. The third-order valence-corrected chi connectivity index (χ3v) is 4.17. The molecule has 1 aromatic rings. The first kappa shape index (κ1) is 24.7. The largest absolute Gasteiger partial charge is 0.508 e. The Morgan fingerprint density at radius 2 is 2.00 bits per heavy atom. The van der Waals surface area contributed by atoms with Gasteiger partial charge in [0.25, 0.3) is 0 Å². The molecular weight excluding hydrogens is 390 g/mol. The van der Waals surface area contributed by atoms with Crippen molar-refractivity contribution in [3.8, 4) is 11.5 Å². The van der Waals surface area contributed by atoms with Crippen LogP contribution < -0.4 is 0 Å². The van der Waals surface area contributed by atoms with Crippen LogP contribution in [0.25, 0.3) is 0 Å². The van der Waals surface area contributed by atoms with E-state index in [1.165, 1.54) is 7.11 Å². The summed E-state index contributed by atoms with van der Waals surface area (Å²) in [6.07, 6.45) is 5.90. The second kappa shape index (κ2) is 12.3. The second-order valence-electron chi connectivity index (χ2n) is 6.55. The van der Waals surface area contributed by atoms with E-state index in [9.17, 15) is 19.8 Å². The summed E-state index contributed by atoms with van der Waals surface area (Å²) < 4.78 is 9.88. The van der Waals surface area contributed by atoms with Crippen molar-refractivity contribution in [1.82, 2.24) is 0 Å². The number of rotatable bonds is 11. The van der Waals surface area contributed by atoms with Crippen LogP contribution in [0.15, 0.2) is 36.0 Å². The molecule has 0 aromatic heterocycles. The van der Waals surface area contributed by atoms with Crippen molar-refractivity contribution in [2.75, 3.05) is 13.7 Å². The van der Waals surface area contributed by atoms with Gasteiger partial charge in [-0.1, -0.05) is 24.2 Å². The topological polar surface area (TPSA) is 115 Å². The van der Waals surface area contributed by atoms with Gasteiger partial charge in [0.15, 0.2) is 0 Å². The Morgan fingerprint density at radius 3 is 2.60 bits per heavy atom. The molecule has 0 saturated heterocycles. The summed E-state index contributed by atoms with van der Waals surface area (Å²) in [6, 6.07) is 1.10. The van der Waals surface area contributed by atoms with E-state index >= 15 is 0 Å². The van der Waals surface area contributed by atoms with Gasteiger partial charge >= 0.3 is 11.9 Å². The van der Waals surface area contributed by atoms with Crippen molar-refractivity contribution in [3.63, 3.8) is 0 Å². The summed E-state index contributed by atoms with van der Waals surface area (Å²) in [7, 11) is 1.23. The number of carbonyl (C=O) groups excluding carboxylic acids is 2. The van der Waals surface area contributed by atoms with Crippen LogP contribution in [-0.2, 0) is 25.5 Å². The van der Waals surface area contributed by atoms with Gasteiger partial charge in [0.2, 0.25) is 6.61 Å². The molecule has 0 bridgehead atoms. The van der Waals surface area contributed by atoms with Crippen LogP contribution in [0.4, 0.5) is 0 Å². The van der Waals surface area contributed by atoms with Crippen LogP contribution in [0.3, 0.4) is 0 Å². The lowest BCUT2D eigenvalue weighted by Crippen LogP contribution is -2.18. The number of hydrogen-bond acceptors (Lipinski definition) is 8. The van der Waals surface area contributed by atoms with Gasteiger partial charge < -0.3 is 24.5 Å². The van der Waals surface area contributed by atoms with Crippen LogP contribution in [0.5, 0.6) is 11.5 Å². The fourth-order valence-corrected chi connectivity index (χ4v) is 2.56. The second-order valence-corrected chi connectivity index (χ2v) is 6.55. The highest BCUT2D eigenvalue weighted by Crippen LogP contribution is 2.33. The van der Waals surface area contributed by atoms with E-state index in [-0.39, 0.29) is 24.3 Å². The summed E-state index contributed by atoms with van der Waals surface area (Å²) in [4.78, 5) is 29.0. The lowest BCUT2D eigenvalue weighted by atomic mass is 9.95. The Kier molecular flexibility index (Phi) is 10.2. The third kappa shape index (κ3) is 7.27. The van der Waals surface area contributed by atoms with Crippen molar-refractivity contribution in [2.24, 2.45) is 5.16 Å². The predicted octanol–water partition coefficient (Wildman–Crippen LogP) is 3.58. The molecule has 8 nitrogen and oxygen atoms in total. The minimum Gasteiger partial charge on any atom is -0.508 e. The Bertz CT molecular complexity index is 827. The predicted molar refractivity (Wildman–Crippen MR) is 113 cm³/mol. The van der Waals surface area contributed by atoms with Crippen LogP contribution in [0, 0.1) is 6.92 Å². The number of aromatic hydroxyl groups is 2. The molecule has 1 rings (SSSR count). The molecule has 0 fully saturated rings. The highest BCUT2D eigenvalue weighted by atomic mass is 16.6. The highest BCUT2D eigenvalue weighted by molar-refractivity contribution is 6.01. The molecule has 0 radical (unpaired) electrons. The van der Waals surface area contributed by atoms with Gasteiger partial charge in [-0.25, -0.2) is 9.59 Å². The first-order valence-corrected chi connectivity index (χ1v) is 9.53. The summed E-state index contributed by atoms with van der Waals surface area (Å²) in [6.45, 7) is 8.49. The molecule has 1 unspecified atom stereocenters. The lowest BCUT2D eigenvalue weighted by Gasteiger charge is -2.17. The number of allylic oxidation sites excluding steroid dienone is 2. The summed E-state index contributed by atoms with van der Waals surface area (Å²) in [5, 5.41) is 24.4. The number of carbonyl (C=O) groups is 2. The summed E-state index contributed by atoms with van der Waals surface area (Å²) in [5.74, 6) is -1.90. The molecular formula is C22H29NO7. The molecule has 8 heteroatoms. The number of benzene rings is 1. The molecule has 1 atom stereocenters. The standard InChI is InChI=1S/C22H29NO7/c1-6-8-10-16(23-29-13-20(26)28-5)11-17-15(4)18(24)12-19(25)21(17)22(27)30-14(3)9-7-2/h7-8,10,12,14,24-25H,2,6,9,11,13H2,1,3-5H3/b10-8+,23-16+. The van der Waals surface area contributed by atoms with E-state index < -0.39 is 23.8 Å². The highest BCUT2D eigenvalue weighted by Gasteiger charge is 2.24. The number of phenolic OH excluding ortho intramolecular Hbond substituents is 2. The molecule has 164 valence electrons. The van der Waals surface area contributed by atoms with E-state index in [1.54, 1.807) is 26.0 Å². The van der Waals surface area contributed by atoms with Crippen molar-refractivity contribution < 1.29 is 34.1 Å². The number of nitrogens with zero attached hydrogens (tertiary/aromatic N) is 1. The average molecular weight is 419 g/mol. The number of phenols is 2. The molecule has 0 amide bonds. The van der Waals surface area contributed by atoms with Crippen molar-refractivity contribution >= 4 is 17.7 Å². The maximum Gasteiger partial charge on any atom is 0.346 e. The molecule has 0 aliphatic rings. The monoisotopic (exact) mass is 419 g/mol. The number of methoxy groups -OCH3 is 1. The Labute approximate surface area is 176 Å². The van der Waals surface area contributed by atoms with Crippen LogP contribution in [0.1, 0.15) is 48.2 Å². The van der Waals surface area contributed by atoms with E-state index in [2.05, 4.69) is 16.5 Å². The summed E-state index contributed by atoms with van der Waals surface area (Å²) >= 11 is 0. The van der Waals surface area contributed by atoms with E-state index in [0.29, 0.717) is 29.7 Å². The van der Waals surface area contributed by atoms with E-state index in [4.69, 9.17) is 9.57 Å². The van der Waals surface area contributed by atoms with Gasteiger partial charge in [0.1, 0.15) is 23.2 Å². The maximum atomic E-state index is 12.7. The Morgan fingerprint density at radius 1 is 1.30 bits per heavy atom. The summed E-state index contributed by atoms with van der Waals surface area (Å²) in [5.41, 5.74) is 1.04. The third-order valence-electron chi connectivity index (χ3n) is 4.17. The van der Waals surface area contributed by atoms with Gasteiger partial charge in [-0.3, -0.25) is 0 Å². The van der Waals surface area contributed by atoms with Crippen LogP contribution in [0.2, 0.25) is 0 Å². The number of ether oxygens (including phenoxy) is 2. The minimum absolute atomic E-state index is 0.0474. The van der Waals surface area contributed by atoms with Crippen molar-refractivity contribution in [3.05, 3.63) is 47.6 Å². The Hall–Kier alpha value is -3.29. The lowest BCUT2D eigenvalue weighted by molar-refractivity contribution is -0.145. The molecule has 0 heterocycles. The zero-order valence-electron chi connectivity index (χ0n) is 17.8. The van der Waals surface area contributed by atoms with Gasteiger partial charge in [0, 0.05) is 18.9 Å². The van der Waals surface area contributed by atoms with Gasteiger partial charge in [0.05, 0.1) is 12.8 Å². The molecule has 1 aromatic carbocycles. The minimum atomic E-state index is -0.728. The zero-order chi connectivity index (χ0) is 22.7. The maximum absolute atomic E-state index is 12.7. The van der Waals surface area contributed by atoms with Gasteiger partial charge in [-0.05, 0) is 37.5 Å². The normalized spacial score (nSPS) is 12.5. The van der Waals surface area contributed by atoms with Gasteiger partial charge in [-0.15, -0.1) is 6.58 Å². The Balaban J connectivity index is 3.32. The molecule has 30 heavy (non-hydrogen) atoms. The van der Waals surface area contributed by atoms with E-state index in [0.717, 1.165) is 6.07 Å². The first-order chi connectivity index (χ1) is 14.2. The zero-order valence-corrected chi connectivity index (χ0v) is 17.8. The molecule has 2 N–H and O–H groups in total. The van der Waals surface area contributed by atoms with Crippen LogP contribution in [-0.4, -0.2) is 47.7 Å². The smallest absolute Gasteiger partial charge is 0.346 e. The molecule has 0 aliphatic heterocycles. The average Bonchev–Trinajstić information content (AvgIpc) is 2.69. The van der Waals surface area contributed by atoms with E-state index in [1.807, 2.05) is 13.0 Å². The SMILES string of the molecule is C=CCC(C)OC(=O)c1c(O)cc(O)c(C)c1CC(/C=C/CC)=N/OCC(=O)OC. The fraction of sp³-hybridized carbons (Fsp3) is 0.409. The number of oxime groups is 1. The van der Waals surface area contributed by atoms with Crippen molar-refractivity contribution in [1.29, 1.82) is 0 Å².